The first-order valence-corrected chi connectivity index (χ1v) is 10.6. The normalized spacial score (nSPS) is 15.8. The molecule has 0 bridgehead atoms. The highest BCUT2D eigenvalue weighted by molar-refractivity contribution is 7.17. The van der Waals surface area contributed by atoms with Gasteiger partial charge in [-0.1, -0.05) is 24.9 Å². The summed E-state index contributed by atoms with van der Waals surface area (Å²) < 4.78 is 13.4. The Hall–Kier alpha value is -1.50. The van der Waals surface area contributed by atoms with E-state index in [9.17, 15) is 9.18 Å². The molecule has 2 aromatic rings. The Morgan fingerprint density at radius 2 is 2.11 bits per heavy atom. The van der Waals surface area contributed by atoms with Crippen LogP contribution in [0.5, 0.6) is 0 Å². The Morgan fingerprint density at radius 3 is 2.85 bits per heavy atom. The maximum Gasteiger partial charge on any atom is 0.265 e. The molecule has 4 nitrogen and oxygen atoms in total. The van der Waals surface area contributed by atoms with Gasteiger partial charge in [-0.2, -0.15) is 0 Å². The van der Waals surface area contributed by atoms with E-state index in [1.54, 1.807) is 12.1 Å². The number of halogens is 2. The van der Waals surface area contributed by atoms with Crippen LogP contribution >= 0.6 is 22.9 Å². The van der Waals surface area contributed by atoms with Crippen molar-refractivity contribution in [1.82, 2.24) is 14.8 Å². The molecule has 0 spiro atoms. The van der Waals surface area contributed by atoms with Crippen molar-refractivity contribution in [3.63, 3.8) is 0 Å². The van der Waals surface area contributed by atoms with Crippen molar-refractivity contribution < 1.29 is 9.18 Å². The first kappa shape index (κ1) is 20.2. The van der Waals surface area contributed by atoms with Crippen molar-refractivity contribution in [3.05, 3.63) is 39.6 Å². The fourth-order valence-corrected chi connectivity index (χ4v) is 4.48. The maximum atomic E-state index is 13.4. The fourth-order valence-electron chi connectivity index (χ4n) is 3.27. The lowest BCUT2D eigenvalue weighted by molar-refractivity contribution is 0.0765. The van der Waals surface area contributed by atoms with Crippen LogP contribution in [0.15, 0.2) is 18.2 Å². The molecule has 0 aliphatic carbocycles. The molecular formula is C20H25ClFN3OS. The summed E-state index contributed by atoms with van der Waals surface area (Å²) in [6.45, 7) is 8.65. The van der Waals surface area contributed by atoms with Crippen LogP contribution in [0.25, 0.3) is 10.6 Å². The highest BCUT2D eigenvalue weighted by Crippen LogP contribution is 2.31. The summed E-state index contributed by atoms with van der Waals surface area (Å²) in [6, 6.07) is 4.53. The van der Waals surface area contributed by atoms with Crippen LogP contribution in [0.1, 0.15) is 41.6 Å². The van der Waals surface area contributed by atoms with Crippen LogP contribution in [0, 0.1) is 12.7 Å². The smallest absolute Gasteiger partial charge is 0.265 e. The number of aromatic nitrogens is 1. The van der Waals surface area contributed by atoms with Gasteiger partial charge in [0, 0.05) is 25.2 Å². The Labute approximate surface area is 169 Å². The molecule has 1 aliphatic rings. The second kappa shape index (κ2) is 9.13. The molecule has 0 unspecified atom stereocenters. The molecule has 1 aromatic heterocycles. The SMILES string of the molecule is CCCCN1CCCN(C(=O)c2sc(-c3ccc(F)c(Cl)c3)nc2C)CC1. The largest absolute Gasteiger partial charge is 0.337 e. The molecule has 1 saturated heterocycles. The Morgan fingerprint density at radius 1 is 1.30 bits per heavy atom. The quantitative estimate of drug-likeness (QED) is 0.707. The summed E-state index contributed by atoms with van der Waals surface area (Å²) in [5, 5.41) is 0.755. The third kappa shape index (κ3) is 4.86. The predicted molar refractivity (Wildman–Crippen MR) is 109 cm³/mol. The molecule has 27 heavy (non-hydrogen) atoms. The van der Waals surface area contributed by atoms with Crippen LogP contribution in [0.4, 0.5) is 4.39 Å². The van der Waals surface area contributed by atoms with Crippen LogP contribution in [0.3, 0.4) is 0 Å². The number of carbonyl (C=O) groups excluding carboxylic acids is 1. The standard InChI is InChI=1S/C20H25ClFN3OS/c1-3-4-8-24-9-5-10-25(12-11-24)20(26)18-14(2)23-19(27-18)15-6-7-17(22)16(21)13-15/h6-7,13H,3-5,8-12H2,1-2H3. The van der Waals surface area contributed by atoms with Gasteiger partial charge in [0.25, 0.3) is 5.91 Å². The summed E-state index contributed by atoms with van der Waals surface area (Å²) in [5.41, 5.74) is 1.45. The molecular weight excluding hydrogens is 385 g/mol. The van der Waals surface area contributed by atoms with E-state index in [1.165, 1.54) is 30.2 Å². The van der Waals surface area contributed by atoms with Crippen LogP contribution < -0.4 is 0 Å². The lowest BCUT2D eigenvalue weighted by atomic mass is 10.2. The molecule has 0 radical (unpaired) electrons. The zero-order chi connectivity index (χ0) is 19.4. The number of aryl methyl sites for hydroxylation is 1. The van der Waals surface area contributed by atoms with Gasteiger partial charge in [-0.25, -0.2) is 9.37 Å². The Kier molecular flexibility index (Phi) is 6.84. The van der Waals surface area contributed by atoms with Gasteiger partial charge < -0.3 is 9.80 Å². The Balaban J connectivity index is 1.73. The minimum Gasteiger partial charge on any atom is -0.337 e. The van der Waals surface area contributed by atoms with E-state index in [1.807, 2.05) is 11.8 Å². The number of unbranched alkanes of at least 4 members (excludes halogenated alkanes) is 1. The van der Waals surface area contributed by atoms with Crippen LogP contribution in [-0.4, -0.2) is 53.4 Å². The number of benzene rings is 1. The zero-order valence-corrected chi connectivity index (χ0v) is 17.4. The van der Waals surface area contributed by atoms with Gasteiger partial charge in [0.15, 0.2) is 0 Å². The third-order valence-corrected chi connectivity index (χ3v) is 6.35. The number of amides is 1. The van der Waals surface area contributed by atoms with Gasteiger partial charge in [0.2, 0.25) is 0 Å². The van der Waals surface area contributed by atoms with Crippen LogP contribution in [0.2, 0.25) is 5.02 Å². The van der Waals surface area contributed by atoms with Crippen molar-refractivity contribution in [2.75, 3.05) is 32.7 Å². The van der Waals surface area contributed by atoms with E-state index >= 15 is 0 Å². The molecule has 146 valence electrons. The van der Waals surface area contributed by atoms with Crippen molar-refractivity contribution in [3.8, 4) is 10.6 Å². The average molecular weight is 410 g/mol. The molecule has 1 aliphatic heterocycles. The predicted octanol–water partition coefficient (Wildman–Crippen LogP) is 4.86. The summed E-state index contributed by atoms with van der Waals surface area (Å²) in [5.74, 6) is -0.413. The lowest BCUT2D eigenvalue weighted by Crippen LogP contribution is -2.35. The van der Waals surface area contributed by atoms with E-state index < -0.39 is 5.82 Å². The molecule has 1 aromatic carbocycles. The summed E-state index contributed by atoms with van der Waals surface area (Å²) >= 11 is 7.24. The molecule has 0 saturated carbocycles. The number of carbonyl (C=O) groups is 1. The Bertz CT molecular complexity index is 811. The van der Waals surface area contributed by atoms with Crippen molar-refractivity contribution >= 4 is 28.8 Å². The first-order chi connectivity index (χ1) is 13.0. The highest BCUT2D eigenvalue weighted by Gasteiger charge is 2.24. The first-order valence-electron chi connectivity index (χ1n) is 9.44. The van der Waals surface area contributed by atoms with Crippen molar-refractivity contribution in [1.29, 1.82) is 0 Å². The molecule has 1 fully saturated rings. The fraction of sp³-hybridized carbons (Fsp3) is 0.500. The van der Waals surface area contributed by atoms with E-state index in [-0.39, 0.29) is 10.9 Å². The van der Waals surface area contributed by atoms with Gasteiger partial charge in [0.05, 0.1) is 10.7 Å². The molecule has 0 N–H and O–H groups in total. The van der Waals surface area contributed by atoms with Crippen molar-refractivity contribution in [2.45, 2.75) is 33.1 Å². The van der Waals surface area contributed by atoms with Crippen LogP contribution in [-0.2, 0) is 0 Å². The number of hydrogen-bond acceptors (Lipinski definition) is 4. The zero-order valence-electron chi connectivity index (χ0n) is 15.8. The van der Waals surface area contributed by atoms with Gasteiger partial charge in [0.1, 0.15) is 15.7 Å². The van der Waals surface area contributed by atoms with E-state index in [2.05, 4.69) is 16.8 Å². The topological polar surface area (TPSA) is 36.4 Å². The van der Waals surface area contributed by atoms with Gasteiger partial charge >= 0.3 is 0 Å². The molecule has 2 heterocycles. The number of hydrogen-bond donors (Lipinski definition) is 0. The molecule has 0 atom stereocenters. The van der Waals surface area contributed by atoms with E-state index in [0.29, 0.717) is 15.6 Å². The summed E-state index contributed by atoms with van der Waals surface area (Å²) in [4.78, 5) is 22.6. The molecule has 1 amide bonds. The lowest BCUT2D eigenvalue weighted by Gasteiger charge is -2.21. The summed E-state index contributed by atoms with van der Waals surface area (Å²) in [7, 11) is 0. The van der Waals surface area contributed by atoms with Gasteiger partial charge in [-0.05, 0) is 51.1 Å². The molecule has 3 rings (SSSR count). The summed E-state index contributed by atoms with van der Waals surface area (Å²) in [6.07, 6.45) is 3.38. The van der Waals surface area contributed by atoms with E-state index in [0.717, 1.165) is 44.7 Å². The number of rotatable bonds is 5. The monoisotopic (exact) mass is 409 g/mol. The third-order valence-electron chi connectivity index (χ3n) is 4.86. The van der Waals surface area contributed by atoms with Crippen molar-refractivity contribution in [2.24, 2.45) is 0 Å². The maximum absolute atomic E-state index is 13.4. The second-order valence-corrected chi connectivity index (χ2v) is 8.31. The average Bonchev–Trinajstić information content (AvgIpc) is 2.89. The molecule has 7 heteroatoms. The minimum atomic E-state index is -0.456. The number of nitrogens with zero attached hydrogens (tertiary/aromatic N) is 3. The van der Waals surface area contributed by atoms with Gasteiger partial charge in [-0.3, -0.25) is 4.79 Å². The number of thiazole rings is 1. The minimum absolute atomic E-state index is 0.0433. The highest BCUT2D eigenvalue weighted by atomic mass is 35.5. The van der Waals surface area contributed by atoms with Gasteiger partial charge in [-0.15, -0.1) is 11.3 Å². The second-order valence-electron chi connectivity index (χ2n) is 6.90. The van der Waals surface area contributed by atoms with E-state index in [4.69, 9.17) is 11.6 Å².